The van der Waals surface area contributed by atoms with Gasteiger partial charge in [0.25, 0.3) is 6.71 Å². The molecular weight excluding hydrogens is 587 g/mol. The predicted octanol–water partition coefficient (Wildman–Crippen LogP) is 5.65. The van der Waals surface area contributed by atoms with E-state index in [1.54, 1.807) is 0 Å². The van der Waals surface area contributed by atoms with Gasteiger partial charge in [-0.3, -0.25) is 9.97 Å². The Kier molecular flexibility index (Phi) is 5.94. The Morgan fingerprint density at radius 1 is 0.553 bits per heavy atom. The lowest BCUT2D eigenvalue weighted by atomic mass is 9.35. The van der Waals surface area contributed by atoms with Crippen molar-refractivity contribution in [2.45, 2.75) is 38.8 Å². The average molecular weight is 619 g/mol. The molecule has 47 heavy (non-hydrogen) atoms. The van der Waals surface area contributed by atoms with Crippen molar-refractivity contribution >= 4 is 34.9 Å². The fourth-order valence-corrected chi connectivity index (χ4v) is 6.59. The molecule has 8 nitrogen and oxygen atoms in total. The summed E-state index contributed by atoms with van der Waals surface area (Å²) in [5.41, 5.74) is 8.17. The van der Waals surface area contributed by atoms with E-state index in [1.165, 1.54) is 0 Å². The van der Waals surface area contributed by atoms with Gasteiger partial charge in [-0.1, -0.05) is 30.3 Å². The molecule has 9 heteroatoms. The summed E-state index contributed by atoms with van der Waals surface area (Å²) in [4.78, 5) is 18.9. The molecule has 0 saturated carbocycles. The maximum absolute atomic E-state index is 6.51. The second-order valence-corrected chi connectivity index (χ2v) is 13.7. The summed E-state index contributed by atoms with van der Waals surface area (Å²) in [5, 5.41) is 0. The van der Waals surface area contributed by atoms with Crippen LogP contribution in [0, 0.1) is 0 Å². The number of fused-ring (bicyclic) bond motifs is 4. The molecule has 4 aliphatic rings. The minimum absolute atomic E-state index is 0.0377. The summed E-state index contributed by atoms with van der Waals surface area (Å²) < 4.78 is 24.6. The lowest BCUT2D eigenvalue weighted by Gasteiger charge is -2.33. The summed E-state index contributed by atoms with van der Waals surface area (Å²) in [7, 11) is 0. The second-order valence-electron chi connectivity index (χ2n) is 13.7. The van der Waals surface area contributed by atoms with Gasteiger partial charge in [-0.25, -0.2) is 9.98 Å². The van der Waals surface area contributed by atoms with Crippen molar-refractivity contribution in [1.29, 1.82) is 0 Å². The molecule has 0 amide bonds. The second kappa shape index (κ2) is 10.0. The van der Waals surface area contributed by atoms with Crippen LogP contribution in [-0.4, -0.2) is 52.8 Å². The van der Waals surface area contributed by atoms with Crippen LogP contribution in [0.2, 0.25) is 0 Å². The third-order valence-corrected chi connectivity index (χ3v) is 8.95. The summed E-state index contributed by atoms with van der Waals surface area (Å²) in [6, 6.07) is 26.7. The molecular formula is C38H31BN4O4. The number of benzene rings is 3. The highest BCUT2D eigenvalue weighted by Gasteiger charge is 2.40. The zero-order valence-electron chi connectivity index (χ0n) is 26.6. The van der Waals surface area contributed by atoms with E-state index in [4.69, 9.17) is 28.9 Å². The highest BCUT2D eigenvalue weighted by Crippen LogP contribution is 2.37. The average Bonchev–Trinajstić information content (AvgIpc) is 3.64. The molecule has 0 fully saturated rings. The highest BCUT2D eigenvalue weighted by molar-refractivity contribution is 6.98. The van der Waals surface area contributed by atoms with Crippen molar-refractivity contribution in [3.63, 3.8) is 0 Å². The number of rotatable bonds is 4. The Labute approximate surface area is 273 Å². The molecule has 0 unspecified atom stereocenters. The first-order valence-electron chi connectivity index (χ1n) is 15.9. The van der Waals surface area contributed by atoms with Crippen molar-refractivity contribution in [1.82, 2.24) is 9.97 Å². The first-order chi connectivity index (χ1) is 22.7. The Morgan fingerprint density at radius 2 is 1.02 bits per heavy atom. The fourth-order valence-electron chi connectivity index (χ4n) is 6.59. The lowest BCUT2D eigenvalue weighted by molar-refractivity contribution is 0.279. The maximum Gasteiger partial charge on any atom is 0.260 e. The number of aliphatic imine (C=N–C) groups is 2. The molecule has 9 rings (SSSR count). The van der Waals surface area contributed by atoms with Crippen molar-refractivity contribution in [2.75, 3.05) is 13.2 Å². The molecule has 0 aliphatic carbocycles. The smallest absolute Gasteiger partial charge is 0.260 e. The van der Waals surface area contributed by atoms with Gasteiger partial charge in [0.1, 0.15) is 36.2 Å². The van der Waals surface area contributed by atoms with Gasteiger partial charge in [-0.2, -0.15) is 0 Å². The van der Waals surface area contributed by atoms with E-state index >= 15 is 0 Å². The van der Waals surface area contributed by atoms with Crippen molar-refractivity contribution in [2.24, 2.45) is 9.98 Å². The number of hydrogen-bond acceptors (Lipinski definition) is 8. The Bertz CT molecular complexity index is 2010. The van der Waals surface area contributed by atoms with Gasteiger partial charge in [-0.05, 0) is 87.2 Å². The lowest BCUT2D eigenvalue weighted by Crippen LogP contribution is -2.57. The summed E-state index contributed by atoms with van der Waals surface area (Å²) in [6.07, 6.45) is 3.65. The summed E-state index contributed by atoms with van der Waals surface area (Å²) >= 11 is 0. The van der Waals surface area contributed by atoms with Crippen LogP contribution >= 0.6 is 0 Å². The van der Waals surface area contributed by atoms with Crippen molar-refractivity contribution in [3.8, 4) is 45.5 Å². The van der Waals surface area contributed by atoms with E-state index in [9.17, 15) is 0 Å². The first kappa shape index (κ1) is 27.8. The van der Waals surface area contributed by atoms with Gasteiger partial charge in [-0.15, -0.1) is 0 Å². The molecule has 2 aromatic heterocycles. The van der Waals surface area contributed by atoms with Crippen LogP contribution in [0.1, 0.15) is 38.8 Å². The van der Waals surface area contributed by atoms with Crippen LogP contribution in [0.4, 0.5) is 0 Å². The minimum atomic E-state index is -0.217. The van der Waals surface area contributed by atoms with E-state index in [1.807, 2.05) is 54.9 Å². The molecule has 3 aromatic carbocycles. The number of hydrogen-bond donors (Lipinski definition) is 0. The summed E-state index contributed by atoms with van der Waals surface area (Å²) in [5.74, 6) is 4.49. The van der Waals surface area contributed by atoms with Crippen LogP contribution in [-0.2, 0) is 9.47 Å². The largest absolute Gasteiger partial charge is 0.475 e. The van der Waals surface area contributed by atoms with Gasteiger partial charge < -0.3 is 18.9 Å². The van der Waals surface area contributed by atoms with Crippen LogP contribution in [0.25, 0.3) is 22.5 Å². The predicted molar refractivity (Wildman–Crippen MR) is 184 cm³/mol. The van der Waals surface area contributed by atoms with Crippen LogP contribution in [0.3, 0.4) is 0 Å². The summed E-state index contributed by atoms with van der Waals surface area (Å²) in [6.45, 7) is 9.35. The van der Waals surface area contributed by atoms with Crippen molar-refractivity contribution < 1.29 is 18.9 Å². The highest BCUT2D eigenvalue weighted by atomic mass is 16.5. The molecule has 0 bridgehead atoms. The van der Waals surface area contributed by atoms with Gasteiger partial charge in [0, 0.05) is 29.0 Å². The zero-order valence-corrected chi connectivity index (χ0v) is 26.6. The standard InChI is InChI=1S/C38H31BN4O4/c1-37(2)20-44-35(42-37)24-10-14-28(40-18-24)22-8-12-26-32(16-22)46-30-6-5-7-31-34(30)39(26)27-13-9-23(17-33(27)47-31)29-15-11-25(19-41-29)36-43-38(3,4)21-45-36/h5-19H,20-21H2,1-4H3. The SMILES string of the molecule is CC1(C)COC(c2ccc(-c3ccc4c(c3)Oc3cccc5c3B4c3ccc(-c4ccc(C6=NC(C)(C)CO6)cn4)cc3O5)nc2)=N1. The topological polar surface area (TPSA) is 87.4 Å². The van der Waals surface area contributed by atoms with E-state index in [0.29, 0.717) is 25.0 Å². The molecule has 0 saturated heterocycles. The van der Waals surface area contributed by atoms with Gasteiger partial charge in [0.2, 0.25) is 11.8 Å². The Balaban J connectivity index is 1.04. The molecule has 0 radical (unpaired) electrons. The minimum Gasteiger partial charge on any atom is -0.475 e. The number of pyridine rings is 2. The Hall–Kier alpha value is -5.44. The molecule has 0 atom stereocenters. The van der Waals surface area contributed by atoms with Crippen LogP contribution < -0.4 is 25.9 Å². The number of aromatic nitrogens is 2. The zero-order chi connectivity index (χ0) is 31.9. The van der Waals surface area contributed by atoms with E-state index in [0.717, 1.165) is 73.0 Å². The third-order valence-electron chi connectivity index (χ3n) is 8.95. The number of nitrogens with zero attached hydrogens (tertiary/aromatic N) is 4. The monoisotopic (exact) mass is 618 g/mol. The fraction of sp³-hybridized carbons (Fsp3) is 0.211. The van der Waals surface area contributed by atoms with E-state index < -0.39 is 0 Å². The molecule has 0 N–H and O–H groups in total. The third kappa shape index (κ3) is 4.76. The first-order valence-corrected chi connectivity index (χ1v) is 15.9. The Morgan fingerprint density at radius 3 is 1.43 bits per heavy atom. The molecule has 6 heterocycles. The number of ether oxygens (including phenoxy) is 4. The molecule has 230 valence electrons. The van der Waals surface area contributed by atoms with Gasteiger partial charge in [0.05, 0.1) is 33.6 Å². The quantitative estimate of drug-likeness (QED) is 0.237. The molecule has 0 spiro atoms. The van der Waals surface area contributed by atoms with E-state index in [2.05, 4.69) is 74.1 Å². The van der Waals surface area contributed by atoms with Crippen molar-refractivity contribution in [3.05, 3.63) is 102 Å². The van der Waals surface area contributed by atoms with Gasteiger partial charge >= 0.3 is 0 Å². The van der Waals surface area contributed by atoms with Crippen LogP contribution in [0.15, 0.2) is 101 Å². The van der Waals surface area contributed by atoms with Crippen LogP contribution in [0.5, 0.6) is 23.0 Å². The maximum atomic E-state index is 6.51. The normalized spacial score (nSPS) is 17.6. The van der Waals surface area contributed by atoms with E-state index in [-0.39, 0.29) is 17.8 Å². The van der Waals surface area contributed by atoms with Gasteiger partial charge in [0.15, 0.2) is 0 Å². The molecule has 4 aliphatic heterocycles. The molecule has 5 aromatic rings.